The van der Waals surface area contributed by atoms with E-state index >= 15 is 0 Å². The molecule has 0 aliphatic rings. The number of aromatic nitrogens is 2. The van der Waals surface area contributed by atoms with Crippen LogP contribution in [0, 0.1) is 6.92 Å². The lowest BCUT2D eigenvalue weighted by Gasteiger charge is -2.07. The van der Waals surface area contributed by atoms with Gasteiger partial charge in [0.25, 0.3) is 0 Å². The summed E-state index contributed by atoms with van der Waals surface area (Å²) in [6.07, 6.45) is 5.40. The highest BCUT2D eigenvalue weighted by Crippen LogP contribution is 2.23. The summed E-state index contributed by atoms with van der Waals surface area (Å²) >= 11 is 0. The fourth-order valence-corrected chi connectivity index (χ4v) is 1.27. The molecule has 4 heteroatoms. The maximum absolute atomic E-state index is 9.91. The Morgan fingerprint density at radius 1 is 1.43 bits per heavy atom. The predicted octanol–water partition coefficient (Wildman–Crippen LogP) is 1.46. The van der Waals surface area contributed by atoms with Crippen LogP contribution < -0.4 is 0 Å². The lowest BCUT2D eigenvalue weighted by atomic mass is 10.1. The Morgan fingerprint density at radius 2 is 2.29 bits per heavy atom. The molecule has 0 aliphatic carbocycles. The molecule has 4 nitrogen and oxygen atoms in total. The van der Waals surface area contributed by atoms with Crippen LogP contribution in [0.15, 0.2) is 35.5 Å². The van der Waals surface area contributed by atoms with Crippen molar-refractivity contribution >= 4 is 0 Å². The van der Waals surface area contributed by atoms with E-state index < -0.39 is 6.10 Å². The lowest BCUT2D eigenvalue weighted by Crippen LogP contribution is -2.02. The van der Waals surface area contributed by atoms with Gasteiger partial charge in [0.2, 0.25) is 0 Å². The maximum atomic E-state index is 9.91. The Morgan fingerprint density at radius 3 is 2.86 bits per heavy atom. The average molecular weight is 190 g/mol. The zero-order valence-electron chi connectivity index (χ0n) is 7.71. The van der Waals surface area contributed by atoms with Gasteiger partial charge in [-0.05, 0) is 18.6 Å². The Balaban J connectivity index is 2.34. The van der Waals surface area contributed by atoms with Gasteiger partial charge in [0.05, 0.1) is 18.2 Å². The summed E-state index contributed by atoms with van der Waals surface area (Å²) < 4.78 is 4.98. The molecule has 0 aromatic carbocycles. The minimum atomic E-state index is -0.739. The van der Waals surface area contributed by atoms with E-state index in [2.05, 4.69) is 9.97 Å². The number of aryl methyl sites for hydroxylation is 1. The van der Waals surface area contributed by atoms with Crippen LogP contribution in [-0.2, 0) is 0 Å². The van der Waals surface area contributed by atoms with Crippen LogP contribution in [0.4, 0.5) is 0 Å². The maximum Gasteiger partial charge on any atom is 0.124 e. The third-order valence-electron chi connectivity index (χ3n) is 2.07. The van der Waals surface area contributed by atoms with Gasteiger partial charge in [-0.3, -0.25) is 0 Å². The number of hydrogen-bond acceptors (Lipinski definition) is 4. The quantitative estimate of drug-likeness (QED) is 0.778. The van der Waals surface area contributed by atoms with Gasteiger partial charge in [-0.15, -0.1) is 0 Å². The molecule has 0 aliphatic heterocycles. The van der Waals surface area contributed by atoms with E-state index in [-0.39, 0.29) is 0 Å². The molecule has 72 valence electrons. The van der Waals surface area contributed by atoms with E-state index in [4.69, 9.17) is 4.42 Å². The van der Waals surface area contributed by atoms with Crippen molar-refractivity contribution in [3.63, 3.8) is 0 Å². The minimum absolute atomic E-state index is 0.574. The molecule has 0 saturated heterocycles. The van der Waals surface area contributed by atoms with Gasteiger partial charge in [-0.25, -0.2) is 9.97 Å². The number of hydrogen-bond donors (Lipinski definition) is 1. The van der Waals surface area contributed by atoms with E-state index in [0.29, 0.717) is 5.69 Å². The van der Waals surface area contributed by atoms with Crippen LogP contribution in [0.25, 0.3) is 0 Å². The normalized spacial score (nSPS) is 12.7. The Labute approximate surface area is 81.2 Å². The second-order valence-electron chi connectivity index (χ2n) is 3.05. The molecule has 0 radical (unpaired) electrons. The van der Waals surface area contributed by atoms with Gasteiger partial charge in [-0.1, -0.05) is 0 Å². The van der Waals surface area contributed by atoms with Crippen molar-refractivity contribution in [3.05, 3.63) is 47.9 Å². The minimum Gasteiger partial charge on any atom is -0.472 e. The average Bonchev–Trinajstić information content (AvgIpc) is 2.65. The number of aliphatic hydroxyl groups is 1. The molecule has 0 spiro atoms. The second kappa shape index (κ2) is 3.59. The summed E-state index contributed by atoms with van der Waals surface area (Å²) in [6.45, 7) is 1.88. The monoisotopic (exact) mass is 190 g/mol. The van der Waals surface area contributed by atoms with Gasteiger partial charge in [-0.2, -0.15) is 0 Å². The fourth-order valence-electron chi connectivity index (χ4n) is 1.27. The van der Waals surface area contributed by atoms with E-state index in [9.17, 15) is 5.11 Å². The summed E-state index contributed by atoms with van der Waals surface area (Å²) in [5.41, 5.74) is 2.23. The van der Waals surface area contributed by atoms with Crippen LogP contribution in [-0.4, -0.2) is 15.1 Å². The number of rotatable bonds is 2. The van der Waals surface area contributed by atoms with Gasteiger partial charge in [0.1, 0.15) is 12.4 Å². The molecule has 0 amide bonds. The molecule has 0 saturated carbocycles. The van der Waals surface area contributed by atoms with E-state index in [1.165, 1.54) is 12.6 Å². The summed E-state index contributed by atoms with van der Waals surface area (Å²) in [4.78, 5) is 7.76. The van der Waals surface area contributed by atoms with Crippen molar-refractivity contribution in [3.8, 4) is 0 Å². The Hall–Kier alpha value is -1.68. The third kappa shape index (κ3) is 1.52. The van der Waals surface area contributed by atoms with Crippen molar-refractivity contribution in [2.45, 2.75) is 13.0 Å². The van der Waals surface area contributed by atoms with Gasteiger partial charge >= 0.3 is 0 Å². The molecule has 2 heterocycles. The van der Waals surface area contributed by atoms with E-state index in [1.807, 2.05) is 6.92 Å². The van der Waals surface area contributed by atoms with Crippen LogP contribution >= 0.6 is 0 Å². The van der Waals surface area contributed by atoms with Crippen LogP contribution in [0.3, 0.4) is 0 Å². The van der Waals surface area contributed by atoms with Crippen LogP contribution in [0.5, 0.6) is 0 Å². The van der Waals surface area contributed by atoms with Gasteiger partial charge in [0.15, 0.2) is 0 Å². The number of furan rings is 1. The molecule has 0 bridgehead atoms. The summed E-state index contributed by atoms with van der Waals surface area (Å²) in [6, 6.07) is 1.68. The summed E-state index contributed by atoms with van der Waals surface area (Å²) in [5.74, 6) is 0. The largest absolute Gasteiger partial charge is 0.472 e. The first-order chi connectivity index (χ1) is 6.79. The van der Waals surface area contributed by atoms with Gasteiger partial charge in [0, 0.05) is 11.8 Å². The molecule has 2 rings (SSSR count). The van der Waals surface area contributed by atoms with Crippen LogP contribution in [0.2, 0.25) is 0 Å². The smallest absolute Gasteiger partial charge is 0.124 e. The van der Waals surface area contributed by atoms with E-state index in [1.54, 1.807) is 18.5 Å². The Kier molecular flexibility index (Phi) is 2.28. The number of nitrogens with zero attached hydrogens (tertiary/aromatic N) is 2. The Bertz CT molecular complexity index is 411. The SMILES string of the molecule is Cc1cocc1C(O)c1ccncn1. The highest BCUT2D eigenvalue weighted by Gasteiger charge is 2.15. The molecule has 1 atom stereocenters. The fraction of sp³-hybridized carbons (Fsp3) is 0.200. The highest BCUT2D eigenvalue weighted by atomic mass is 16.3. The van der Waals surface area contributed by atoms with Crippen molar-refractivity contribution in [1.82, 2.24) is 9.97 Å². The van der Waals surface area contributed by atoms with Gasteiger partial charge < -0.3 is 9.52 Å². The molecule has 0 fully saturated rings. The van der Waals surface area contributed by atoms with Crippen molar-refractivity contribution in [1.29, 1.82) is 0 Å². The van der Waals surface area contributed by atoms with E-state index in [0.717, 1.165) is 11.1 Å². The zero-order chi connectivity index (χ0) is 9.97. The van der Waals surface area contributed by atoms with Crippen LogP contribution in [0.1, 0.15) is 22.9 Å². The molecule has 2 aromatic rings. The molecule has 2 aromatic heterocycles. The molecule has 1 N–H and O–H groups in total. The number of aliphatic hydroxyl groups excluding tert-OH is 1. The standard InChI is InChI=1S/C10H10N2O2/c1-7-4-14-5-8(7)10(13)9-2-3-11-6-12-9/h2-6,10,13H,1H3. The predicted molar refractivity (Wildman–Crippen MR) is 49.5 cm³/mol. The first kappa shape index (κ1) is 8.90. The second-order valence-corrected chi connectivity index (χ2v) is 3.05. The first-order valence-electron chi connectivity index (χ1n) is 4.25. The zero-order valence-corrected chi connectivity index (χ0v) is 7.71. The summed E-state index contributed by atoms with van der Waals surface area (Å²) in [5, 5.41) is 9.91. The molecular weight excluding hydrogens is 180 g/mol. The molecule has 1 unspecified atom stereocenters. The lowest BCUT2D eigenvalue weighted by molar-refractivity contribution is 0.213. The highest BCUT2D eigenvalue weighted by molar-refractivity contribution is 5.27. The van der Waals surface area contributed by atoms with Crippen molar-refractivity contribution < 1.29 is 9.52 Å². The molecular formula is C10H10N2O2. The third-order valence-corrected chi connectivity index (χ3v) is 2.07. The summed E-state index contributed by atoms with van der Waals surface area (Å²) in [7, 11) is 0. The molecule has 14 heavy (non-hydrogen) atoms. The topological polar surface area (TPSA) is 59.2 Å². The van der Waals surface area contributed by atoms with Crippen molar-refractivity contribution in [2.24, 2.45) is 0 Å². The first-order valence-corrected chi connectivity index (χ1v) is 4.25. The van der Waals surface area contributed by atoms with Crippen molar-refractivity contribution in [2.75, 3.05) is 0 Å².